The molecule has 96 valence electrons. The zero-order chi connectivity index (χ0) is 12.5. The molecule has 0 saturated heterocycles. The van der Waals surface area contributed by atoms with Crippen molar-refractivity contribution in [2.24, 2.45) is 0 Å². The fraction of sp³-hybridized carbons (Fsp3) is 0.538. The van der Waals surface area contributed by atoms with Gasteiger partial charge in [0.2, 0.25) is 0 Å². The van der Waals surface area contributed by atoms with Crippen molar-refractivity contribution in [2.75, 3.05) is 38.6 Å². The van der Waals surface area contributed by atoms with E-state index in [4.69, 9.17) is 15.6 Å². The molecule has 1 rings (SSSR count). The van der Waals surface area contributed by atoms with Gasteiger partial charge in [0, 0.05) is 25.4 Å². The molecule has 0 fully saturated rings. The summed E-state index contributed by atoms with van der Waals surface area (Å²) < 4.78 is 5.61. The van der Waals surface area contributed by atoms with Crippen molar-refractivity contribution in [3.05, 3.63) is 24.3 Å². The van der Waals surface area contributed by atoms with Crippen molar-refractivity contribution < 1.29 is 9.84 Å². The number of likely N-dealkylation sites (N-methyl/N-ethyl adjacent to an activating group) is 1. The van der Waals surface area contributed by atoms with Gasteiger partial charge in [-0.05, 0) is 37.2 Å². The van der Waals surface area contributed by atoms with E-state index >= 15 is 0 Å². The standard InChI is InChI=1S/C13H22N2O2/c1-2-15(8-3-10-16)9-11-17-13-6-4-12(14)5-7-13/h4-7,16H,2-3,8-11,14H2,1H3. The first-order valence-electron chi connectivity index (χ1n) is 6.07. The van der Waals surface area contributed by atoms with E-state index < -0.39 is 0 Å². The summed E-state index contributed by atoms with van der Waals surface area (Å²) in [5, 5.41) is 8.77. The number of ether oxygens (including phenoxy) is 1. The molecule has 0 heterocycles. The lowest BCUT2D eigenvalue weighted by molar-refractivity contribution is 0.195. The molecular weight excluding hydrogens is 216 g/mol. The first-order chi connectivity index (χ1) is 8.26. The molecule has 0 saturated carbocycles. The van der Waals surface area contributed by atoms with Crippen molar-refractivity contribution >= 4 is 5.69 Å². The third-order valence-electron chi connectivity index (χ3n) is 2.64. The van der Waals surface area contributed by atoms with E-state index in [1.165, 1.54) is 0 Å². The van der Waals surface area contributed by atoms with Gasteiger partial charge in [0.25, 0.3) is 0 Å². The summed E-state index contributed by atoms with van der Waals surface area (Å²) >= 11 is 0. The van der Waals surface area contributed by atoms with Crippen LogP contribution in [-0.2, 0) is 0 Å². The summed E-state index contributed by atoms with van der Waals surface area (Å²) in [6.07, 6.45) is 0.815. The van der Waals surface area contributed by atoms with Gasteiger partial charge in [-0.3, -0.25) is 0 Å². The molecule has 17 heavy (non-hydrogen) atoms. The van der Waals surface area contributed by atoms with Gasteiger partial charge >= 0.3 is 0 Å². The summed E-state index contributed by atoms with van der Waals surface area (Å²) in [5.74, 6) is 0.845. The monoisotopic (exact) mass is 238 g/mol. The van der Waals surface area contributed by atoms with Gasteiger partial charge in [0.1, 0.15) is 12.4 Å². The molecule has 0 radical (unpaired) electrons. The second-order valence-electron chi connectivity index (χ2n) is 3.93. The van der Waals surface area contributed by atoms with Gasteiger partial charge in [0.15, 0.2) is 0 Å². The van der Waals surface area contributed by atoms with Crippen LogP contribution in [0.3, 0.4) is 0 Å². The van der Waals surface area contributed by atoms with E-state index in [0.29, 0.717) is 6.61 Å². The Balaban J connectivity index is 2.23. The van der Waals surface area contributed by atoms with Crippen LogP contribution in [-0.4, -0.2) is 42.9 Å². The lowest BCUT2D eigenvalue weighted by atomic mass is 10.3. The van der Waals surface area contributed by atoms with Gasteiger partial charge in [-0.25, -0.2) is 0 Å². The molecule has 0 aromatic heterocycles. The maximum atomic E-state index is 8.77. The van der Waals surface area contributed by atoms with Crippen LogP contribution in [0.4, 0.5) is 5.69 Å². The van der Waals surface area contributed by atoms with Crippen LogP contribution in [0, 0.1) is 0 Å². The van der Waals surface area contributed by atoms with Crippen molar-refractivity contribution in [3.8, 4) is 5.75 Å². The van der Waals surface area contributed by atoms with Crippen LogP contribution < -0.4 is 10.5 Å². The van der Waals surface area contributed by atoms with E-state index in [1.54, 1.807) is 0 Å². The van der Waals surface area contributed by atoms with Crippen molar-refractivity contribution in [2.45, 2.75) is 13.3 Å². The molecule has 3 N–H and O–H groups in total. The summed E-state index contributed by atoms with van der Waals surface area (Å²) in [6.45, 7) is 5.78. The fourth-order valence-electron chi connectivity index (χ4n) is 1.58. The number of aliphatic hydroxyl groups is 1. The number of aliphatic hydroxyl groups excluding tert-OH is 1. The largest absolute Gasteiger partial charge is 0.492 e. The Hall–Kier alpha value is -1.26. The number of hydrogen-bond donors (Lipinski definition) is 2. The Kier molecular flexibility index (Phi) is 6.43. The van der Waals surface area contributed by atoms with Crippen molar-refractivity contribution in [3.63, 3.8) is 0 Å². The van der Waals surface area contributed by atoms with E-state index in [1.807, 2.05) is 24.3 Å². The van der Waals surface area contributed by atoms with Gasteiger partial charge in [-0.1, -0.05) is 6.92 Å². The highest BCUT2D eigenvalue weighted by atomic mass is 16.5. The quantitative estimate of drug-likeness (QED) is 0.671. The first-order valence-corrected chi connectivity index (χ1v) is 6.07. The summed E-state index contributed by atoms with van der Waals surface area (Å²) in [5.41, 5.74) is 6.34. The normalized spacial score (nSPS) is 10.8. The van der Waals surface area contributed by atoms with E-state index in [-0.39, 0.29) is 6.61 Å². The molecule has 0 aliphatic heterocycles. The predicted octanol–water partition coefficient (Wildman–Crippen LogP) is 1.35. The fourth-order valence-corrected chi connectivity index (χ4v) is 1.58. The highest BCUT2D eigenvalue weighted by molar-refractivity contribution is 5.41. The van der Waals surface area contributed by atoms with Gasteiger partial charge in [0.05, 0.1) is 0 Å². The average Bonchev–Trinajstić information content (AvgIpc) is 2.36. The molecule has 4 heteroatoms. The lowest BCUT2D eigenvalue weighted by Gasteiger charge is -2.19. The highest BCUT2D eigenvalue weighted by Gasteiger charge is 2.01. The maximum absolute atomic E-state index is 8.77. The summed E-state index contributed by atoms with van der Waals surface area (Å²) in [6, 6.07) is 7.41. The van der Waals surface area contributed by atoms with Crippen LogP contribution in [0.2, 0.25) is 0 Å². The highest BCUT2D eigenvalue weighted by Crippen LogP contribution is 2.12. The number of benzene rings is 1. The van der Waals surface area contributed by atoms with E-state index in [0.717, 1.165) is 37.5 Å². The number of nitrogens with zero attached hydrogens (tertiary/aromatic N) is 1. The molecule has 1 aromatic rings. The Morgan fingerprint density at radius 1 is 1.24 bits per heavy atom. The lowest BCUT2D eigenvalue weighted by Crippen LogP contribution is -2.29. The smallest absolute Gasteiger partial charge is 0.119 e. The minimum Gasteiger partial charge on any atom is -0.492 e. The Morgan fingerprint density at radius 3 is 2.53 bits per heavy atom. The van der Waals surface area contributed by atoms with Crippen molar-refractivity contribution in [1.29, 1.82) is 0 Å². The summed E-state index contributed by atoms with van der Waals surface area (Å²) in [7, 11) is 0. The third-order valence-corrected chi connectivity index (χ3v) is 2.64. The third kappa shape index (κ3) is 5.56. The molecular formula is C13H22N2O2. The van der Waals surface area contributed by atoms with Gasteiger partial charge < -0.3 is 20.5 Å². The van der Waals surface area contributed by atoms with Crippen LogP contribution in [0.25, 0.3) is 0 Å². The van der Waals surface area contributed by atoms with Crippen LogP contribution in [0.15, 0.2) is 24.3 Å². The molecule has 4 nitrogen and oxygen atoms in total. The molecule has 0 bridgehead atoms. The van der Waals surface area contributed by atoms with Crippen LogP contribution >= 0.6 is 0 Å². The predicted molar refractivity (Wildman–Crippen MR) is 70.2 cm³/mol. The minimum absolute atomic E-state index is 0.245. The molecule has 0 unspecified atom stereocenters. The molecule has 0 spiro atoms. The average molecular weight is 238 g/mol. The zero-order valence-electron chi connectivity index (χ0n) is 10.4. The number of anilines is 1. The first kappa shape index (κ1) is 13.8. The van der Waals surface area contributed by atoms with Crippen LogP contribution in [0.5, 0.6) is 5.75 Å². The molecule has 0 amide bonds. The molecule has 0 aliphatic rings. The topological polar surface area (TPSA) is 58.7 Å². The molecule has 0 atom stereocenters. The van der Waals surface area contributed by atoms with E-state index in [2.05, 4.69) is 11.8 Å². The maximum Gasteiger partial charge on any atom is 0.119 e. The number of nitrogen functional groups attached to an aromatic ring is 1. The van der Waals surface area contributed by atoms with E-state index in [9.17, 15) is 0 Å². The Labute approximate surface area is 103 Å². The summed E-state index contributed by atoms with van der Waals surface area (Å²) in [4.78, 5) is 2.26. The van der Waals surface area contributed by atoms with Gasteiger partial charge in [-0.15, -0.1) is 0 Å². The number of hydrogen-bond acceptors (Lipinski definition) is 4. The second-order valence-corrected chi connectivity index (χ2v) is 3.93. The van der Waals surface area contributed by atoms with Crippen LogP contribution in [0.1, 0.15) is 13.3 Å². The minimum atomic E-state index is 0.245. The number of nitrogens with two attached hydrogens (primary N) is 1. The SMILES string of the molecule is CCN(CCCO)CCOc1ccc(N)cc1. The second kappa shape index (κ2) is 7.92. The number of rotatable bonds is 8. The molecule has 0 aliphatic carbocycles. The molecule has 1 aromatic carbocycles. The Bertz CT molecular complexity index is 301. The van der Waals surface area contributed by atoms with Gasteiger partial charge in [-0.2, -0.15) is 0 Å². The Morgan fingerprint density at radius 2 is 1.94 bits per heavy atom. The zero-order valence-corrected chi connectivity index (χ0v) is 10.4. The van der Waals surface area contributed by atoms with Crippen molar-refractivity contribution in [1.82, 2.24) is 4.90 Å².